The number of nitrogens with one attached hydrogen (secondary N) is 1. The highest BCUT2D eigenvalue weighted by Gasteiger charge is 2.28. The molecule has 98 valence electrons. The first kappa shape index (κ1) is 12.3. The second-order valence-electron chi connectivity index (χ2n) is 6.44. The number of hydrogen-bond donors (Lipinski definition) is 1. The van der Waals surface area contributed by atoms with E-state index < -0.39 is 0 Å². The quantitative estimate of drug-likeness (QED) is 0.803. The highest BCUT2D eigenvalue weighted by atomic mass is 14.9. The molecule has 19 heavy (non-hydrogen) atoms. The van der Waals surface area contributed by atoms with Crippen LogP contribution in [0.1, 0.15) is 30.5 Å². The first-order valence-electron chi connectivity index (χ1n) is 6.98. The van der Waals surface area contributed by atoms with Crippen LogP contribution in [0.4, 0.5) is 11.4 Å². The number of anilines is 2. The molecule has 2 aromatic carbocycles. The molecule has 1 aliphatic carbocycles. The van der Waals surface area contributed by atoms with Crippen LogP contribution in [-0.2, 0) is 12.8 Å². The molecule has 0 amide bonds. The van der Waals surface area contributed by atoms with Gasteiger partial charge in [0.05, 0.1) is 0 Å². The number of benzene rings is 2. The molecule has 0 aliphatic heterocycles. The Morgan fingerprint density at radius 2 is 1.68 bits per heavy atom. The fourth-order valence-electron chi connectivity index (χ4n) is 3.00. The number of aryl methyl sites for hydroxylation is 1. The summed E-state index contributed by atoms with van der Waals surface area (Å²) in [5.74, 6) is 0. The maximum Gasteiger partial charge on any atom is 0.0413 e. The lowest BCUT2D eigenvalue weighted by Crippen LogP contribution is -2.09. The summed E-state index contributed by atoms with van der Waals surface area (Å²) >= 11 is 0. The van der Waals surface area contributed by atoms with E-state index in [0.717, 1.165) is 0 Å². The van der Waals surface area contributed by atoms with E-state index in [1.807, 2.05) is 0 Å². The van der Waals surface area contributed by atoms with Gasteiger partial charge in [-0.25, -0.2) is 0 Å². The van der Waals surface area contributed by atoms with Gasteiger partial charge in [-0.3, -0.25) is 0 Å². The minimum atomic E-state index is 0.420. The standard InChI is InChI=1S/C18H21N/c1-13-6-4-5-7-17(13)19-16-9-8-14-11-18(2,3)12-15(14)10-16/h4-10,19H,11-12H2,1-3H3. The molecular formula is C18H21N. The molecule has 0 bridgehead atoms. The summed E-state index contributed by atoms with van der Waals surface area (Å²) in [6.45, 7) is 6.84. The predicted octanol–water partition coefficient (Wildman–Crippen LogP) is 4.86. The Hall–Kier alpha value is -1.76. The third-order valence-corrected chi connectivity index (χ3v) is 3.97. The summed E-state index contributed by atoms with van der Waals surface area (Å²) in [5.41, 5.74) is 7.11. The van der Waals surface area contributed by atoms with E-state index in [1.165, 1.54) is 40.9 Å². The van der Waals surface area contributed by atoms with Gasteiger partial charge in [-0.15, -0.1) is 0 Å². The van der Waals surface area contributed by atoms with Gasteiger partial charge in [0, 0.05) is 11.4 Å². The van der Waals surface area contributed by atoms with Gasteiger partial charge < -0.3 is 5.32 Å². The molecule has 0 radical (unpaired) electrons. The summed E-state index contributed by atoms with van der Waals surface area (Å²) in [6, 6.07) is 15.2. The molecule has 0 heterocycles. The summed E-state index contributed by atoms with van der Waals surface area (Å²) in [7, 11) is 0. The maximum absolute atomic E-state index is 3.53. The summed E-state index contributed by atoms with van der Waals surface area (Å²) in [5, 5.41) is 3.53. The van der Waals surface area contributed by atoms with Crippen molar-refractivity contribution in [2.75, 3.05) is 5.32 Å². The van der Waals surface area contributed by atoms with Crippen LogP contribution >= 0.6 is 0 Å². The number of rotatable bonds is 2. The Morgan fingerprint density at radius 3 is 2.47 bits per heavy atom. The van der Waals surface area contributed by atoms with Crippen molar-refractivity contribution in [2.24, 2.45) is 5.41 Å². The van der Waals surface area contributed by atoms with Crippen LogP contribution in [0.25, 0.3) is 0 Å². The zero-order chi connectivity index (χ0) is 13.5. The molecule has 1 N–H and O–H groups in total. The van der Waals surface area contributed by atoms with E-state index in [9.17, 15) is 0 Å². The maximum atomic E-state index is 3.53. The SMILES string of the molecule is Cc1ccccc1Nc1ccc2c(c1)CC(C)(C)C2. The fourth-order valence-corrected chi connectivity index (χ4v) is 3.00. The van der Waals surface area contributed by atoms with Crippen LogP contribution < -0.4 is 5.32 Å². The molecule has 2 aromatic rings. The molecule has 1 aliphatic rings. The second-order valence-corrected chi connectivity index (χ2v) is 6.44. The molecule has 0 spiro atoms. The van der Waals surface area contributed by atoms with Crippen molar-refractivity contribution in [3.8, 4) is 0 Å². The zero-order valence-corrected chi connectivity index (χ0v) is 12.0. The van der Waals surface area contributed by atoms with Gasteiger partial charge in [-0.1, -0.05) is 38.1 Å². The summed E-state index contributed by atoms with van der Waals surface area (Å²) in [4.78, 5) is 0. The molecule has 0 unspecified atom stereocenters. The van der Waals surface area contributed by atoms with Gasteiger partial charge in [0.25, 0.3) is 0 Å². The van der Waals surface area contributed by atoms with Crippen molar-refractivity contribution in [1.82, 2.24) is 0 Å². The average Bonchev–Trinajstić information content (AvgIpc) is 2.65. The van der Waals surface area contributed by atoms with Crippen molar-refractivity contribution in [3.63, 3.8) is 0 Å². The smallest absolute Gasteiger partial charge is 0.0413 e. The third kappa shape index (κ3) is 2.51. The lowest BCUT2D eigenvalue weighted by molar-refractivity contribution is 0.392. The van der Waals surface area contributed by atoms with E-state index in [-0.39, 0.29) is 0 Å². The molecule has 0 fully saturated rings. The number of fused-ring (bicyclic) bond motifs is 1. The topological polar surface area (TPSA) is 12.0 Å². The zero-order valence-electron chi connectivity index (χ0n) is 12.0. The third-order valence-electron chi connectivity index (χ3n) is 3.97. The van der Waals surface area contributed by atoms with Crippen LogP contribution in [0, 0.1) is 12.3 Å². The Labute approximate surface area is 115 Å². The van der Waals surface area contributed by atoms with E-state index in [4.69, 9.17) is 0 Å². The van der Waals surface area contributed by atoms with Gasteiger partial charge in [0.1, 0.15) is 0 Å². The number of hydrogen-bond acceptors (Lipinski definition) is 1. The molecule has 1 heteroatoms. The first-order chi connectivity index (χ1) is 9.03. The Morgan fingerprint density at radius 1 is 0.947 bits per heavy atom. The first-order valence-corrected chi connectivity index (χ1v) is 6.98. The van der Waals surface area contributed by atoms with E-state index in [2.05, 4.69) is 68.6 Å². The fraction of sp³-hybridized carbons (Fsp3) is 0.333. The van der Waals surface area contributed by atoms with Crippen LogP contribution in [0.3, 0.4) is 0 Å². The van der Waals surface area contributed by atoms with Crippen LogP contribution in [0.5, 0.6) is 0 Å². The van der Waals surface area contributed by atoms with Gasteiger partial charge in [0.15, 0.2) is 0 Å². The largest absolute Gasteiger partial charge is 0.355 e. The van der Waals surface area contributed by atoms with Crippen molar-refractivity contribution >= 4 is 11.4 Å². The van der Waals surface area contributed by atoms with Crippen molar-refractivity contribution in [1.29, 1.82) is 0 Å². The molecule has 0 atom stereocenters. The van der Waals surface area contributed by atoms with Gasteiger partial charge in [0.2, 0.25) is 0 Å². The second kappa shape index (κ2) is 4.41. The summed E-state index contributed by atoms with van der Waals surface area (Å²) < 4.78 is 0. The molecule has 3 rings (SSSR count). The lowest BCUT2D eigenvalue weighted by atomic mass is 9.90. The van der Waals surface area contributed by atoms with E-state index >= 15 is 0 Å². The molecule has 1 nitrogen and oxygen atoms in total. The lowest BCUT2D eigenvalue weighted by Gasteiger charge is -2.14. The minimum Gasteiger partial charge on any atom is -0.355 e. The highest BCUT2D eigenvalue weighted by Crippen LogP contribution is 2.37. The Balaban J connectivity index is 1.87. The van der Waals surface area contributed by atoms with Gasteiger partial charge >= 0.3 is 0 Å². The van der Waals surface area contributed by atoms with Crippen molar-refractivity contribution < 1.29 is 0 Å². The van der Waals surface area contributed by atoms with Gasteiger partial charge in [-0.2, -0.15) is 0 Å². The Bertz CT molecular complexity index is 611. The molecule has 0 saturated carbocycles. The predicted molar refractivity (Wildman–Crippen MR) is 82.1 cm³/mol. The van der Waals surface area contributed by atoms with E-state index in [1.54, 1.807) is 0 Å². The van der Waals surface area contributed by atoms with Crippen LogP contribution in [0.2, 0.25) is 0 Å². The summed E-state index contributed by atoms with van der Waals surface area (Å²) in [6.07, 6.45) is 2.39. The van der Waals surface area contributed by atoms with Crippen LogP contribution in [0.15, 0.2) is 42.5 Å². The normalized spacial score (nSPS) is 16.2. The Kier molecular flexibility index (Phi) is 2.85. The molecule has 0 aromatic heterocycles. The number of para-hydroxylation sites is 1. The average molecular weight is 251 g/mol. The highest BCUT2D eigenvalue weighted by molar-refractivity contribution is 5.64. The molecule has 0 saturated heterocycles. The van der Waals surface area contributed by atoms with Crippen molar-refractivity contribution in [2.45, 2.75) is 33.6 Å². The molecular weight excluding hydrogens is 230 g/mol. The van der Waals surface area contributed by atoms with Crippen LogP contribution in [-0.4, -0.2) is 0 Å². The van der Waals surface area contributed by atoms with E-state index in [0.29, 0.717) is 5.41 Å². The van der Waals surface area contributed by atoms with Crippen molar-refractivity contribution in [3.05, 3.63) is 59.2 Å². The minimum absolute atomic E-state index is 0.420. The van der Waals surface area contributed by atoms with Gasteiger partial charge in [-0.05, 0) is 60.1 Å². The monoisotopic (exact) mass is 251 g/mol.